The van der Waals surface area contributed by atoms with Crippen molar-refractivity contribution in [2.45, 2.75) is 109 Å². The number of ether oxygens (including phenoxy) is 4. The Balaban J connectivity index is 0.000000192. The van der Waals surface area contributed by atoms with E-state index in [2.05, 4.69) is 95.2 Å². The van der Waals surface area contributed by atoms with Crippen molar-refractivity contribution in [1.29, 1.82) is 0 Å². The van der Waals surface area contributed by atoms with Crippen LogP contribution in [0.1, 0.15) is 105 Å². The van der Waals surface area contributed by atoms with Crippen LogP contribution in [0.5, 0.6) is 46.0 Å². The molecular formula is C68H74F6O4. The molecule has 0 heterocycles. The van der Waals surface area contributed by atoms with E-state index < -0.39 is 23.3 Å². The van der Waals surface area contributed by atoms with E-state index in [4.69, 9.17) is 18.9 Å². The molecule has 0 spiro atoms. The minimum Gasteiger partial charge on any atom is -0.457 e. The highest BCUT2D eigenvalue weighted by Gasteiger charge is 2.16. The molecule has 0 aliphatic rings. The summed E-state index contributed by atoms with van der Waals surface area (Å²) < 4.78 is 101. The summed E-state index contributed by atoms with van der Waals surface area (Å²) in [7, 11) is 0. The summed E-state index contributed by atoms with van der Waals surface area (Å²) in [6.45, 7) is 26.2. The van der Waals surface area contributed by atoms with Crippen molar-refractivity contribution in [3.63, 3.8) is 0 Å². The van der Waals surface area contributed by atoms with Crippen LogP contribution in [0.25, 0.3) is 0 Å². The summed E-state index contributed by atoms with van der Waals surface area (Å²) in [5.41, 5.74) is 5.58. The highest BCUT2D eigenvalue weighted by Crippen LogP contribution is 2.31. The average Bonchev–Trinajstić information content (AvgIpc) is 3.30. The lowest BCUT2D eigenvalue weighted by molar-refractivity contribution is 0.409. The van der Waals surface area contributed by atoms with Crippen LogP contribution in [0.4, 0.5) is 26.3 Å². The molecule has 8 rings (SSSR count). The first kappa shape index (κ1) is 61.4. The van der Waals surface area contributed by atoms with Gasteiger partial charge in [-0.15, -0.1) is 0 Å². The van der Waals surface area contributed by atoms with E-state index in [1.807, 2.05) is 72.8 Å². The van der Waals surface area contributed by atoms with E-state index in [1.165, 1.54) is 53.6 Å². The summed E-state index contributed by atoms with van der Waals surface area (Å²) >= 11 is 0. The van der Waals surface area contributed by atoms with Crippen LogP contribution in [0.3, 0.4) is 0 Å². The van der Waals surface area contributed by atoms with Crippen molar-refractivity contribution < 1.29 is 45.3 Å². The summed E-state index contributed by atoms with van der Waals surface area (Å²) in [5, 5.41) is 0. The number of hydrogen-bond acceptors (Lipinski definition) is 4. The second-order valence-electron chi connectivity index (χ2n) is 24.0. The standard InChI is InChI=1S/2C17H18F2O.2C17H19FO/c1-17(2,3)11-12-5-4-6-15(7-12)20-16-9-13(18)8-14(19)10-16;1-17(2,3)11-12-5-4-6-13(9-12)20-14-7-8-15(18)16(19)10-14;1-17(2,3)12-13-6-4-8-15(10-13)19-16-9-5-7-14(18)11-16;1-17(2,3)12-13-5-4-6-16(11-13)19-15-9-7-14(18)8-10-15/h2*4-10H,11H2,1-3H3;2*4-11H,12H2,1-3H3. The molecule has 8 aromatic rings. The molecule has 4 nitrogen and oxygen atoms in total. The molecule has 78 heavy (non-hydrogen) atoms. The van der Waals surface area contributed by atoms with Gasteiger partial charge in [0.05, 0.1) is 0 Å². The molecule has 0 bridgehead atoms. The van der Waals surface area contributed by atoms with Crippen LogP contribution in [0.15, 0.2) is 182 Å². The second-order valence-corrected chi connectivity index (χ2v) is 24.0. The minimum absolute atomic E-state index is 0.162. The van der Waals surface area contributed by atoms with E-state index in [9.17, 15) is 26.3 Å². The zero-order valence-electron chi connectivity index (χ0n) is 47.0. The van der Waals surface area contributed by atoms with E-state index in [0.29, 0.717) is 23.0 Å². The molecule has 0 amide bonds. The van der Waals surface area contributed by atoms with Crippen molar-refractivity contribution in [3.05, 3.63) is 239 Å². The quantitative estimate of drug-likeness (QED) is 0.114. The molecule has 0 saturated carbocycles. The normalized spacial score (nSPS) is 11.4. The van der Waals surface area contributed by atoms with Gasteiger partial charge in [-0.1, -0.05) is 138 Å². The molecule has 0 saturated heterocycles. The van der Waals surface area contributed by atoms with Crippen LogP contribution in [0.2, 0.25) is 0 Å². The van der Waals surface area contributed by atoms with Gasteiger partial charge in [-0.25, -0.2) is 26.3 Å². The Labute approximate surface area is 459 Å². The van der Waals surface area contributed by atoms with E-state index in [1.54, 1.807) is 36.4 Å². The second kappa shape index (κ2) is 27.7. The van der Waals surface area contributed by atoms with Crippen LogP contribution in [-0.2, 0) is 25.7 Å². The van der Waals surface area contributed by atoms with Gasteiger partial charge in [0.2, 0.25) is 0 Å². The molecule has 0 N–H and O–H groups in total. The molecule has 412 valence electrons. The first-order chi connectivity index (χ1) is 36.5. The highest BCUT2D eigenvalue weighted by atomic mass is 19.2. The van der Waals surface area contributed by atoms with Gasteiger partial charge in [-0.2, -0.15) is 0 Å². The third-order valence-electron chi connectivity index (χ3n) is 10.8. The smallest absolute Gasteiger partial charge is 0.162 e. The van der Waals surface area contributed by atoms with Crippen molar-refractivity contribution in [1.82, 2.24) is 0 Å². The van der Waals surface area contributed by atoms with Gasteiger partial charge in [0, 0.05) is 30.3 Å². The summed E-state index contributed by atoms with van der Waals surface area (Å²) in [6.07, 6.45) is 3.80. The van der Waals surface area contributed by atoms with Crippen LogP contribution >= 0.6 is 0 Å². The fourth-order valence-corrected chi connectivity index (χ4v) is 8.03. The summed E-state index contributed by atoms with van der Waals surface area (Å²) in [6, 6.07) is 50.1. The molecular weight excluding hydrogens is 995 g/mol. The zero-order chi connectivity index (χ0) is 57.3. The topological polar surface area (TPSA) is 36.9 Å². The fraction of sp³-hybridized carbons (Fsp3) is 0.294. The molecule has 0 radical (unpaired) electrons. The minimum atomic E-state index is -0.909. The van der Waals surface area contributed by atoms with Gasteiger partial charge in [-0.3, -0.25) is 0 Å². The van der Waals surface area contributed by atoms with Crippen LogP contribution < -0.4 is 18.9 Å². The molecule has 0 aliphatic carbocycles. The molecule has 0 aromatic heterocycles. The van der Waals surface area contributed by atoms with Gasteiger partial charge in [0.15, 0.2) is 11.6 Å². The lowest BCUT2D eigenvalue weighted by Gasteiger charge is -2.18. The maximum Gasteiger partial charge on any atom is 0.162 e. The monoisotopic (exact) mass is 1070 g/mol. The van der Waals surface area contributed by atoms with Crippen molar-refractivity contribution in [3.8, 4) is 46.0 Å². The van der Waals surface area contributed by atoms with Crippen molar-refractivity contribution in [2.24, 2.45) is 21.7 Å². The largest absolute Gasteiger partial charge is 0.457 e. The Morgan fingerprint density at radius 1 is 0.244 bits per heavy atom. The fourth-order valence-electron chi connectivity index (χ4n) is 8.03. The number of rotatable bonds is 12. The Hall–Kier alpha value is -7.46. The van der Waals surface area contributed by atoms with Crippen LogP contribution in [0, 0.1) is 56.6 Å². The zero-order valence-corrected chi connectivity index (χ0v) is 47.0. The number of halogens is 6. The predicted octanol–water partition coefficient (Wildman–Crippen LogP) is 21.1. The SMILES string of the molecule is CC(C)(C)Cc1cccc(Oc2cc(F)cc(F)c2)c1.CC(C)(C)Cc1cccc(Oc2ccc(F)c(F)c2)c1.CC(C)(C)Cc1cccc(Oc2ccc(F)cc2)c1.CC(C)(C)Cc1cccc(Oc2cccc(F)c2)c1. The van der Waals surface area contributed by atoms with Crippen molar-refractivity contribution >= 4 is 0 Å². The van der Waals surface area contributed by atoms with E-state index in [-0.39, 0.29) is 44.8 Å². The molecule has 0 unspecified atom stereocenters. The third kappa shape index (κ3) is 24.3. The van der Waals surface area contributed by atoms with Crippen molar-refractivity contribution in [2.75, 3.05) is 0 Å². The maximum atomic E-state index is 13.1. The van der Waals surface area contributed by atoms with Gasteiger partial charge >= 0.3 is 0 Å². The highest BCUT2D eigenvalue weighted by molar-refractivity contribution is 5.38. The molecule has 8 aromatic carbocycles. The van der Waals surface area contributed by atoms with Gasteiger partial charge in [-0.05, 0) is 167 Å². The predicted molar refractivity (Wildman–Crippen MR) is 304 cm³/mol. The first-order valence-electron chi connectivity index (χ1n) is 26.0. The number of hydrogen-bond donors (Lipinski definition) is 0. The summed E-state index contributed by atoms with van der Waals surface area (Å²) in [5.74, 6) is 0.728. The Kier molecular flexibility index (Phi) is 21.8. The Morgan fingerprint density at radius 3 is 0.885 bits per heavy atom. The Bertz CT molecular complexity index is 3120. The lowest BCUT2D eigenvalue weighted by Crippen LogP contribution is -2.08. The van der Waals surface area contributed by atoms with Gasteiger partial charge in [0.25, 0.3) is 0 Å². The molecule has 0 fully saturated rings. The molecule has 0 aliphatic heterocycles. The third-order valence-corrected chi connectivity index (χ3v) is 10.8. The van der Waals surface area contributed by atoms with Gasteiger partial charge < -0.3 is 18.9 Å². The molecule has 10 heteroatoms. The van der Waals surface area contributed by atoms with E-state index in [0.717, 1.165) is 66.5 Å². The van der Waals surface area contributed by atoms with E-state index >= 15 is 0 Å². The number of benzene rings is 8. The Morgan fingerprint density at radius 2 is 0.538 bits per heavy atom. The molecule has 0 atom stereocenters. The van der Waals surface area contributed by atoms with Crippen LogP contribution in [-0.4, -0.2) is 0 Å². The summed E-state index contributed by atoms with van der Waals surface area (Å²) in [4.78, 5) is 0. The van der Waals surface area contributed by atoms with Gasteiger partial charge in [0.1, 0.15) is 69.3 Å². The first-order valence-corrected chi connectivity index (χ1v) is 26.0. The maximum absolute atomic E-state index is 13.1. The average molecular weight is 1070 g/mol. The lowest BCUT2D eigenvalue weighted by atomic mass is 9.88.